The number of nitrogens with one attached hydrogen (secondary N) is 1. The second kappa shape index (κ2) is 9.78. The molecule has 0 saturated carbocycles. The second-order valence-electron chi connectivity index (χ2n) is 5.04. The summed E-state index contributed by atoms with van der Waals surface area (Å²) in [4.78, 5) is 11.3. The maximum atomic E-state index is 11.3. The number of hydrogen-bond acceptors (Lipinski definition) is 4. The Kier molecular flexibility index (Phi) is 9.28. The van der Waals surface area contributed by atoms with E-state index in [1.165, 1.54) is 0 Å². The number of halogens is 1. The Labute approximate surface area is 135 Å². The number of alkyl carbamates (subject to hydrolysis) is 1. The first-order valence-electron chi connectivity index (χ1n) is 7.00. The van der Waals surface area contributed by atoms with Crippen LogP contribution >= 0.6 is 15.9 Å². The largest absolute Gasteiger partial charge is 0.444 e. The van der Waals surface area contributed by atoms with Crippen molar-refractivity contribution < 1.29 is 14.3 Å². The van der Waals surface area contributed by atoms with Crippen LogP contribution in [0.2, 0.25) is 0 Å². The van der Waals surface area contributed by atoms with Crippen molar-refractivity contribution >= 4 is 22.0 Å². The fourth-order valence-electron chi connectivity index (χ4n) is 1.31. The van der Waals surface area contributed by atoms with Crippen LogP contribution in [0.4, 0.5) is 4.79 Å². The second-order valence-corrected chi connectivity index (χ2v) is 5.90. The van der Waals surface area contributed by atoms with Crippen LogP contribution in [0.1, 0.15) is 40.3 Å². The third-order valence-corrected chi connectivity index (χ3v) is 2.83. The van der Waals surface area contributed by atoms with Gasteiger partial charge in [0.15, 0.2) is 0 Å². The van der Waals surface area contributed by atoms with Crippen molar-refractivity contribution in [3.8, 4) is 0 Å². The molecule has 0 aromatic carbocycles. The molecule has 1 amide bonds. The van der Waals surface area contributed by atoms with E-state index in [1.54, 1.807) is 10.9 Å². The zero-order valence-corrected chi connectivity index (χ0v) is 15.3. The number of rotatable bonds is 5. The van der Waals surface area contributed by atoms with E-state index >= 15 is 0 Å². The van der Waals surface area contributed by atoms with E-state index in [0.717, 1.165) is 10.2 Å². The molecule has 0 spiro atoms. The molecular weight excluding hydrogens is 338 g/mol. The summed E-state index contributed by atoms with van der Waals surface area (Å²) in [5, 5.41) is 6.71. The number of nitrogens with zero attached hydrogens (tertiary/aromatic N) is 2. The molecule has 1 aromatic rings. The molecule has 21 heavy (non-hydrogen) atoms. The Hall–Kier alpha value is -1.08. The van der Waals surface area contributed by atoms with Crippen molar-refractivity contribution in [1.82, 2.24) is 15.1 Å². The quantitative estimate of drug-likeness (QED) is 0.815. The van der Waals surface area contributed by atoms with E-state index in [0.29, 0.717) is 19.8 Å². The molecule has 7 heteroatoms. The van der Waals surface area contributed by atoms with Crippen LogP contribution < -0.4 is 5.32 Å². The lowest BCUT2D eigenvalue weighted by Gasteiger charge is -2.19. The average molecular weight is 364 g/mol. The van der Waals surface area contributed by atoms with Gasteiger partial charge in [-0.2, -0.15) is 5.10 Å². The number of aryl methyl sites for hydroxylation is 1. The van der Waals surface area contributed by atoms with Crippen molar-refractivity contribution in [2.24, 2.45) is 7.05 Å². The Morgan fingerprint density at radius 2 is 2.05 bits per heavy atom. The van der Waals surface area contributed by atoms with Gasteiger partial charge in [0, 0.05) is 13.6 Å². The Bertz CT molecular complexity index is 408. The summed E-state index contributed by atoms with van der Waals surface area (Å²) in [5.41, 5.74) is 0.474. The molecule has 0 aliphatic rings. The van der Waals surface area contributed by atoms with Gasteiger partial charge in [0.1, 0.15) is 5.60 Å². The van der Waals surface area contributed by atoms with Crippen molar-refractivity contribution in [3.63, 3.8) is 0 Å². The van der Waals surface area contributed by atoms with Gasteiger partial charge in [0.05, 0.1) is 29.6 Å². The minimum absolute atomic E-state index is 0.407. The van der Waals surface area contributed by atoms with Gasteiger partial charge in [-0.05, 0) is 36.7 Å². The third-order valence-electron chi connectivity index (χ3n) is 2.16. The normalized spacial score (nSPS) is 10.6. The van der Waals surface area contributed by atoms with Crippen molar-refractivity contribution in [2.45, 2.75) is 46.8 Å². The highest BCUT2D eigenvalue weighted by atomic mass is 79.9. The molecule has 1 aromatic heterocycles. The van der Waals surface area contributed by atoms with Crippen LogP contribution in [0, 0.1) is 0 Å². The summed E-state index contributed by atoms with van der Waals surface area (Å²) in [5.74, 6) is 0. The summed E-state index contributed by atoms with van der Waals surface area (Å²) in [7, 11) is 1.85. The van der Waals surface area contributed by atoms with E-state index in [4.69, 9.17) is 9.47 Å². The van der Waals surface area contributed by atoms with Crippen LogP contribution in [0.15, 0.2) is 10.7 Å². The van der Waals surface area contributed by atoms with E-state index in [-0.39, 0.29) is 0 Å². The average Bonchev–Trinajstić information content (AvgIpc) is 2.70. The predicted molar refractivity (Wildman–Crippen MR) is 86.1 cm³/mol. The van der Waals surface area contributed by atoms with Gasteiger partial charge in [-0.3, -0.25) is 4.68 Å². The maximum absolute atomic E-state index is 11.3. The Morgan fingerprint density at radius 3 is 2.52 bits per heavy atom. The molecule has 0 bridgehead atoms. The molecule has 0 fully saturated rings. The summed E-state index contributed by atoms with van der Waals surface area (Å²) in [6.45, 7) is 10.7. The van der Waals surface area contributed by atoms with Gasteiger partial charge < -0.3 is 14.8 Å². The predicted octanol–water partition coefficient (Wildman–Crippen LogP) is 3.25. The Balaban J connectivity index is 0.00000191. The van der Waals surface area contributed by atoms with Gasteiger partial charge in [-0.1, -0.05) is 13.8 Å². The van der Waals surface area contributed by atoms with E-state index in [9.17, 15) is 4.79 Å². The summed E-state index contributed by atoms with van der Waals surface area (Å²) < 4.78 is 13.2. The molecule has 0 aliphatic heterocycles. The number of aromatic nitrogens is 2. The van der Waals surface area contributed by atoms with Crippen LogP contribution in [0.5, 0.6) is 0 Å². The number of amides is 1. The number of carbonyl (C=O) groups is 1. The van der Waals surface area contributed by atoms with Crippen molar-refractivity contribution in [2.75, 3.05) is 13.2 Å². The van der Waals surface area contributed by atoms with Crippen molar-refractivity contribution in [1.29, 1.82) is 0 Å². The standard InChI is InChI=1S/C12H20BrN3O3.C2H6/c1-12(2,3)19-11(17)14-5-6-18-8-10-9(13)7-15-16(10)4;1-2/h7H,5-6,8H2,1-4H3,(H,14,17);1-2H3. The van der Waals surface area contributed by atoms with Crippen LogP contribution in [0.25, 0.3) is 0 Å². The molecule has 0 aliphatic carbocycles. The molecule has 0 radical (unpaired) electrons. The number of carbonyl (C=O) groups excluding carboxylic acids is 1. The highest BCUT2D eigenvalue weighted by molar-refractivity contribution is 9.10. The molecule has 0 saturated heterocycles. The zero-order chi connectivity index (χ0) is 16.5. The minimum Gasteiger partial charge on any atom is -0.444 e. The molecule has 1 rings (SSSR count). The minimum atomic E-state index is -0.482. The van der Waals surface area contributed by atoms with Gasteiger partial charge in [-0.25, -0.2) is 4.79 Å². The van der Waals surface area contributed by atoms with E-state index in [2.05, 4.69) is 26.3 Å². The molecular formula is C14H26BrN3O3. The van der Waals surface area contributed by atoms with Gasteiger partial charge >= 0.3 is 6.09 Å². The van der Waals surface area contributed by atoms with Crippen LogP contribution in [0.3, 0.4) is 0 Å². The fraction of sp³-hybridized carbons (Fsp3) is 0.714. The topological polar surface area (TPSA) is 65.4 Å². The van der Waals surface area contributed by atoms with Crippen LogP contribution in [-0.2, 0) is 23.1 Å². The monoisotopic (exact) mass is 363 g/mol. The summed E-state index contributed by atoms with van der Waals surface area (Å²) >= 11 is 3.39. The number of hydrogen-bond donors (Lipinski definition) is 1. The molecule has 6 nitrogen and oxygen atoms in total. The third kappa shape index (κ3) is 8.72. The summed E-state index contributed by atoms with van der Waals surface area (Å²) in [6, 6.07) is 0. The lowest BCUT2D eigenvalue weighted by molar-refractivity contribution is 0.0491. The molecule has 0 atom stereocenters. The van der Waals surface area contributed by atoms with E-state index in [1.807, 2.05) is 41.7 Å². The van der Waals surface area contributed by atoms with Gasteiger partial charge in [0.2, 0.25) is 0 Å². The van der Waals surface area contributed by atoms with E-state index < -0.39 is 11.7 Å². The highest BCUT2D eigenvalue weighted by Crippen LogP contribution is 2.15. The van der Waals surface area contributed by atoms with Crippen molar-refractivity contribution in [3.05, 3.63) is 16.4 Å². The Morgan fingerprint density at radius 1 is 1.43 bits per heavy atom. The first-order valence-corrected chi connectivity index (χ1v) is 7.80. The SMILES string of the molecule is CC.Cn1ncc(Br)c1COCCNC(=O)OC(C)(C)C. The highest BCUT2D eigenvalue weighted by Gasteiger charge is 2.15. The molecule has 0 unspecified atom stereocenters. The molecule has 1 heterocycles. The molecule has 1 N–H and O–H groups in total. The first kappa shape index (κ1) is 19.9. The maximum Gasteiger partial charge on any atom is 0.407 e. The summed E-state index contributed by atoms with van der Waals surface area (Å²) in [6.07, 6.45) is 1.29. The smallest absolute Gasteiger partial charge is 0.407 e. The number of ether oxygens (including phenoxy) is 2. The fourth-order valence-corrected chi connectivity index (χ4v) is 1.77. The lowest BCUT2D eigenvalue weighted by Crippen LogP contribution is -2.34. The molecule has 122 valence electrons. The first-order chi connectivity index (χ1) is 9.79. The zero-order valence-electron chi connectivity index (χ0n) is 13.7. The van der Waals surface area contributed by atoms with Crippen LogP contribution in [-0.4, -0.2) is 34.6 Å². The lowest BCUT2D eigenvalue weighted by atomic mass is 10.2. The van der Waals surface area contributed by atoms with Gasteiger partial charge in [-0.15, -0.1) is 0 Å². The van der Waals surface area contributed by atoms with Gasteiger partial charge in [0.25, 0.3) is 0 Å².